The number of rotatable bonds is 7. The van der Waals surface area contributed by atoms with Crippen LogP contribution in [0.1, 0.15) is 59.3 Å². The Kier molecular flexibility index (Phi) is 4.39. The van der Waals surface area contributed by atoms with Crippen LogP contribution >= 0.6 is 0 Å². The molecule has 0 radical (unpaired) electrons. The third-order valence-corrected chi connectivity index (χ3v) is 3.95. The molecule has 0 aromatic carbocycles. The Morgan fingerprint density at radius 3 is 2.40 bits per heavy atom. The zero-order valence-corrected chi connectivity index (χ0v) is 10.7. The van der Waals surface area contributed by atoms with Crippen molar-refractivity contribution in [1.82, 2.24) is 0 Å². The summed E-state index contributed by atoms with van der Waals surface area (Å²) >= 11 is 0. The molecule has 2 atom stereocenters. The average Bonchev–Trinajstić information content (AvgIpc) is 2.91. The normalized spacial score (nSPS) is 22.1. The molecule has 1 fully saturated rings. The second-order valence-corrected chi connectivity index (χ2v) is 5.72. The predicted octanol–water partition coefficient (Wildman–Crippen LogP) is 3.89. The second kappa shape index (κ2) is 5.16. The minimum absolute atomic E-state index is 0.414. The van der Waals surface area contributed by atoms with Crippen molar-refractivity contribution >= 4 is 0 Å². The molecule has 0 spiro atoms. The lowest BCUT2D eigenvalue weighted by molar-refractivity contribution is 0.276. The molecule has 0 bridgehead atoms. The van der Waals surface area contributed by atoms with Crippen LogP contribution in [0.25, 0.3) is 0 Å². The van der Waals surface area contributed by atoms with Gasteiger partial charge in [-0.2, -0.15) is 0 Å². The van der Waals surface area contributed by atoms with Gasteiger partial charge in [-0.05, 0) is 50.4 Å². The van der Waals surface area contributed by atoms with Crippen LogP contribution in [-0.4, -0.2) is 6.04 Å². The Bertz CT molecular complexity index is 215. The highest BCUT2D eigenvalue weighted by atomic mass is 14.7. The third-order valence-electron chi connectivity index (χ3n) is 3.95. The Hall–Kier alpha value is -0.300. The molecule has 15 heavy (non-hydrogen) atoms. The van der Waals surface area contributed by atoms with Gasteiger partial charge in [0.1, 0.15) is 0 Å². The van der Waals surface area contributed by atoms with Crippen molar-refractivity contribution in [3.63, 3.8) is 0 Å². The zero-order chi connectivity index (χ0) is 11.5. The molecule has 1 heteroatoms. The molecular weight excluding hydrogens is 182 g/mol. The van der Waals surface area contributed by atoms with Crippen molar-refractivity contribution in [3.8, 4) is 0 Å². The average molecular weight is 209 g/mol. The maximum Gasteiger partial charge on any atom is 0.0121 e. The van der Waals surface area contributed by atoms with Gasteiger partial charge in [-0.3, -0.25) is 0 Å². The Morgan fingerprint density at radius 1 is 1.40 bits per heavy atom. The number of hydrogen-bond donors (Lipinski definition) is 1. The van der Waals surface area contributed by atoms with Crippen LogP contribution in [0.2, 0.25) is 0 Å². The number of nitrogens with two attached hydrogens (primary N) is 1. The minimum atomic E-state index is 0.414. The summed E-state index contributed by atoms with van der Waals surface area (Å²) in [4.78, 5) is 0. The van der Waals surface area contributed by atoms with Crippen molar-refractivity contribution < 1.29 is 0 Å². The molecule has 1 aliphatic rings. The molecule has 1 nitrogen and oxygen atoms in total. The van der Waals surface area contributed by atoms with Gasteiger partial charge < -0.3 is 5.73 Å². The smallest absolute Gasteiger partial charge is 0.0121 e. The molecule has 88 valence electrons. The summed E-state index contributed by atoms with van der Waals surface area (Å²) < 4.78 is 0. The SMILES string of the molecule is C=C(C)CCC(CCC)[C@@H](N)C1(C)CC1. The molecule has 0 aliphatic heterocycles. The van der Waals surface area contributed by atoms with Gasteiger partial charge in [-0.15, -0.1) is 6.58 Å². The van der Waals surface area contributed by atoms with Crippen LogP contribution in [-0.2, 0) is 0 Å². The van der Waals surface area contributed by atoms with Gasteiger partial charge in [0, 0.05) is 6.04 Å². The summed E-state index contributed by atoms with van der Waals surface area (Å²) in [7, 11) is 0. The van der Waals surface area contributed by atoms with Crippen molar-refractivity contribution in [3.05, 3.63) is 12.2 Å². The zero-order valence-electron chi connectivity index (χ0n) is 10.7. The van der Waals surface area contributed by atoms with Crippen LogP contribution in [0, 0.1) is 11.3 Å². The third kappa shape index (κ3) is 3.64. The molecule has 1 saturated carbocycles. The van der Waals surface area contributed by atoms with Gasteiger partial charge in [0.15, 0.2) is 0 Å². The van der Waals surface area contributed by atoms with E-state index in [4.69, 9.17) is 5.73 Å². The van der Waals surface area contributed by atoms with E-state index >= 15 is 0 Å². The quantitative estimate of drug-likeness (QED) is 0.633. The van der Waals surface area contributed by atoms with Crippen LogP contribution in [0.5, 0.6) is 0 Å². The van der Waals surface area contributed by atoms with Crippen molar-refractivity contribution in [2.45, 2.75) is 65.3 Å². The molecule has 2 N–H and O–H groups in total. The van der Waals surface area contributed by atoms with E-state index in [9.17, 15) is 0 Å². The van der Waals surface area contributed by atoms with E-state index in [1.807, 2.05) is 0 Å². The Morgan fingerprint density at radius 2 is 2.00 bits per heavy atom. The van der Waals surface area contributed by atoms with Gasteiger partial charge in [0.25, 0.3) is 0 Å². The lowest BCUT2D eigenvalue weighted by Gasteiger charge is -2.28. The summed E-state index contributed by atoms with van der Waals surface area (Å²) in [5.74, 6) is 0.708. The first kappa shape index (κ1) is 12.8. The number of allylic oxidation sites excluding steroid dienone is 1. The fourth-order valence-corrected chi connectivity index (χ4v) is 2.41. The maximum atomic E-state index is 6.40. The van der Waals surface area contributed by atoms with Gasteiger partial charge in [-0.25, -0.2) is 0 Å². The largest absolute Gasteiger partial charge is 0.327 e. The van der Waals surface area contributed by atoms with E-state index in [2.05, 4.69) is 27.4 Å². The first-order valence-corrected chi connectivity index (χ1v) is 6.39. The van der Waals surface area contributed by atoms with E-state index in [1.165, 1.54) is 37.7 Å². The van der Waals surface area contributed by atoms with Crippen molar-refractivity contribution in [2.24, 2.45) is 17.1 Å². The lowest BCUT2D eigenvalue weighted by atomic mass is 9.81. The van der Waals surface area contributed by atoms with Crippen molar-refractivity contribution in [2.75, 3.05) is 0 Å². The van der Waals surface area contributed by atoms with Gasteiger partial charge in [0.05, 0.1) is 0 Å². The molecule has 0 aromatic heterocycles. The monoisotopic (exact) mass is 209 g/mol. The summed E-state index contributed by atoms with van der Waals surface area (Å²) in [6.07, 6.45) is 7.59. The molecule has 1 unspecified atom stereocenters. The van der Waals surface area contributed by atoms with E-state index in [1.54, 1.807) is 0 Å². The molecule has 1 rings (SSSR count). The minimum Gasteiger partial charge on any atom is -0.327 e. The standard InChI is InChI=1S/C14H27N/c1-5-6-12(8-7-11(2)3)13(15)14(4)9-10-14/h12-13H,2,5-10,15H2,1,3-4H3/t12?,13-/m1/s1. The van der Waals surface area contributed by atoms with Crippen LogP contribution in [0.3, 0.4) is 0 Å². The highest BCUT2D eigenvalue weighted by Crippen LogP contribution is 2.50. The lowest BCUT2D eigenvalue weighted by Crippen LogP contribution is -2.37. The van der Waals surface area contributed by atoms with Crippen LogP contribution < -0.4 is 5.73 Å². The van der Waals surface area contributed by atoms with E-state index in [0.717, 1.165) is 6.42 Å². The summed E-state index contributed by atoms with van der Waals surface area (Å²) in [6.45, 7) is 10.7. The topological polar surface area (TPSA) is 26.0 Å². The van der Waals surface area contributed by atoms with Crippen LogP contribution in [0.15, 0.2) is 12.2 Å². The second-order valence-electron chi connectivity index (χ2n) is 5.72. The fraction of sp³-hybridized carbons (Fsp3) is 0.857. The van der Waals surface area contributed by atoms with Gasteiger partial charge >= 0.3 is 0 Å². The Balaban J connectivity index is 2.45. The van der Waals surface area contributed by atoms with Crippen LogP contribution in [0.4, 0.5) is 0 Å². The van der Waals surface area contributed by atoms with Crippen molar-refractivity contribution in [1.29, 1.82) is 0 Å². The summed E-state index contributed by atoms with van der Waals surface area (Å²) in [5, 5.41) is 0. The molecule has 0 amide bonds. The maximum absolute atomic E-state index is 6.40. The van der Waals surface area contributed by atoms with E-state index in [0.29, 0.717) is 17.4 Å². The van der Waals surface area contributed by atoms with Gasteiger partial charge in [0.2, 0.25) is 0 Å². The molecule has 1 aliphatic carbocycles. The summed E-state index contributed by atoms with van der Waals surface area (Å²) in [6, 6.07) is 0.414. The summed E-state index contributed by atoms with van der Waals surface area (Å²) in [5.41, 5.74) is 8.16. The highest BCUT2D eigenvalue weighted by molar-refractivity contribution is 5.00. The van der Waals surface area contributed by atoms with E-state index < -0.39 is 0 Å². The molecular formula is C14H27N. The first-order valence-electron chi connectivity index (χ1n) is 6.39. The van der Waals surface area contributed by atoms with Gasteiger partial charge in [-0.1, -0.05) is 25.8 Å². The Labute approximate surface area is 95.1 Å². The molecule has 0 heterocycles. The molecule has 0 aromatic rings. The highest BCUT2D eigenvalue weighted by Gasteiger charge is 2.45. The van der Waals surface area contributed by atoms with E-state index in [-0.39, 0.29) is 0 Å². The predicted molar refractivity (Wildman–Crippen MR) is 67.8 cm³/mol. The molecule has 0 saturated heterocycles. The number of hydrogen-bond acceptors (Lipinski definition) is 1. The fourth-order valence-electron chi connectivity index (χ4n) is 2.41. The first-order chi connectivity index (χ1) is 6.99.